The molecule has 1 fully saturated rings. The molecule has 0 bridgehead atoms. The largest absolute Gasteiger partial charge is 0.368 e. The van der Waals surface area contributed by atoms with E-state index in [0.29, 0.717) is 30.5 Å². The van der Waals surface area contributed by atoms with E-state index in [1.54, 1.807) is 6.07 Å². The normalized spacial score (nSPS) is 16.2. The van der Waals surface area contributed by atoms with Gasteiger partial charge in [-0.15, -0.1) is 9.24 Å². The Hall–Kier alpha value is -1.39. The molecule has 1 atom stereocenters. The molecule has 1 aliphatic heterocycles. The van der Waals surface area contributed by atoms with Gasteiger partial charge in [0.2, 0.25) is 5.88 Å². The number of carbonyl (C=O) groups is 1. The Bertz CT molecular complexity index is 777. The molecule has 1 aromatic carbocycles. The molecule has 0 saturated carbocycles. The van der Waals surface area contributed by atoms with Crippen LogP contribution in [0.15, 0.2) is 33.3 Å². The minimum absolute atomic E-state index is 0.0259. The van der Waals surface area contributed by atoms with E-state index in [-0.39, 0.29) is 11.1 Å². The zero-order chi connectivity index (χ0) is 18.2. The Morgan fingerprint density at radius 1 is 1.36 bits per heavy atom. The summed E-state index contributed by atoms with van der Waals surface area (Å²) in [5.41, 5.74) is 8.36. The Labute approximate surface area is 158 Å². The average Bonchev–Trinajstić information content (AvgIpc) is 3.00. The van der Waals surface area contributed by atoms with Crippen molar-refractivity contribution in [3.63, 3.8) is 0 Å². The van der Waals surface area contributed by atoms with Gasteiger partial charge in [-0.1, -0.05) is 25.1 Å². The van der Waals surface area contributed by atoms with Crippen LogP contribution >= 0.6 is 25.2 Å². The van der Waals surface area contributed by atoms with Gasteiger partial charge in [-0.3, -0.25) is 4.79 Å². The Morgan fingerprint density at radius 2 is 2.04 bits per heavy atom. The number of hydrogen-bond donors (Lipinski definition) is 1. The van der Waals surface area contributed by atoms with Gasteiger partial charge in [-0.25, -0.2) is 0 Å². The molecular formula is C18H23BrN3O2P. The third-order valence-corrected chi connectivity index (χ3v) is 5.68. The lowest BCUT2D eigenvalue weighted by Gasteiger charge is -2.31. The molecular weight excluding hydrogens is 401 g/mol. The van der Waals surface area contributed by atoms with E-state index in [1.165, 1.54) is 5.56 Å². The predicted molar refractivity (Wildman–Crippen MR) is 106 cm³/mol. The van der Waals surface area contributed by atoms with Crippen molar-refractivity contribution in [2.75, 3.05) is 18.8 Å². The van der Waals surface area contributed by atoms with E-state index < -0.39 is 0 Å². The number of anilines is 1. The van der Waals surface area contributed by atoms with Crippen LogP contribution in [0.5, 0.6) is 0 Å². The highest BCUT2D eigenvalue weighted by atomic mass is 79.9. The molecule has 2 aromatic rings. The highest BCUT2D eigenvalue weighted by Gasteiger charge is 2.27. The van der Waals surface area contributed by atoms with E-state index in [4.69, 9.17) is 10.3 Å². The van der Waals surface area contributed by atoms with E-state index in [9.17, 15) is 4.79 Å². The lowest BCUT2D eigenvalue weighted by Crippen LogP contribution is -2.38. The average molecular weight is 424 g/mol. The number of nitrogen functional groups attached to an aromatic ring is 1. The number of carbonyl (C=O) groups excluding carboxylic acids is 1. The van der Waals surface area contributed by atoms with Crippen LogP contribution in [0, 0.1) is 0 Å². The first-order chi connectivity index (χ1) is 11.8. The number of halogens is 1. The van der Waals surface area contributed by atoms with Crippen molar-refractivity contribution in [2.45, 2.75) is 37.8 Å². The van der Waals surface area contributed by atoms with Crippen LogP contribution < -0.4 is 5.73 Å². The van der Waals surface area contributed by atoms with Crippen LogP contribution in [0.1, 0.15) is 54.2 Å². The van der Waals surface area contributed by atoms with Gasteiger partial charge in [0.05, 0.1) is 11.3 Å². The fourth-order valence-corrected chi connectivity index (χ4v) is 3.86. The summed E-state index contributed by atoms with van der Waals surface area (Å²) in [6.07, 6.45) is 1.73. The van der Waals surface area contributed by atoms with Crippen molar-refractivity contribution in [1.29, 1.82) is 0 Å². The Balaban J connectivity index is 1.68. The standard InChI is InChI=1S/C18H23BrN3O2P/c1-18(2,25)12-3-4-13(14(19)9-12)17(23)22-7-5-11(6-8-22)15-10-16(20)24-21-15/h3-4,9-11H,5-8,20,25H2,1-2H3. The molecule has 1 saturated heterocycles. The summed E-state index contributed by atoms with van der Waals surface area (Å²) in [5, 5.41) is 3.98. The second-order valence-electron chi connectivity index (χ2n) is 7.14. The lowest BCUT2D eigenvalue weighted by atomic mass is 9.93. The fourth-order valence-electron chi connectivity index (χ4n) is 3.13. The van der Waals surface area contributed by atoms with Gasteiger partial charge in [0.1, 0.15) is 0 Å². The molecule has 1 aliphatic rings. The van der Waals surface area contributed by atoms with Crippen molar-refractivity contribution < 1.29 is 9.32 Å². The van der Waals surface area contributed by atoms with Crippen molar-refractivity contribution in [2.24, 2.45) is 0 Å². The first-order valence-electron chi connectivity index (χ1n) is 8.36. The van der Waals surface area contributed by atoms with Crippen molar-refractivity contribution in [3.05, 3.63) is 45.6 Å². The topological polar surface area (TPSA) is 72.4 Å². The smallest absolute Gasteiger partial charge is 0.254 e. The summed E-state index contributed by atoms with van der Waals surface area (Å²) in [6.45, 7) is 5.67. The molecule has 3 rings (SSSR count). The number of likely N-dealkylation sites (tertiary alicyclic amines) is 1. The van der Waals surface area contributed by atoms with Gasteiger partial charge in [-0.2, -0.15) is 0 Å². The van der Waals surface area contributed by atoms with Crippen LogP contribution in [-0.4, -0.2) is 29.1 Å². The second kappa shape index (κ2) is 7.08. The number of amides is 1. The molecule has 2 heterocycles. The maximum atomic E-state index is 12.9. The molecule has 2 N–H and O–H groups in total. The van der Waals surface area contributed by atoms with Crippen molar-refractivity contribution in [3.8, 4) is 0 Å². The highest BCUT2D eigenvalue weighted by Crippen LogP contribution is 2.34. The van der Waals surface area contributed by atoms with E-state index in [1.807, 2.05) is 23.1 Å². The summed E-state index contributed by atoms with van der Waals surface area (Å²) in [4.78, 5) is 14.8. The first-order valence-corrected chi connectivity index (χ1v) is 9.73. The summed E-state index contributed by atoms with van der Waals surface area (Å²) >= 11 is 3.57. The lowest BCUT2D eigenvalue weighted by molar-refractivity contribution is 0.0710. The molecule has 0 spiro atoms. The maximum absolute atomic E-state index is 12.9. The molecule has 7 heteroatoms. The third-order valence-electron chi connectivity index (χ3n) is 4.69. The van der Waals surface area contributed by atoms with Gasteiger partial charge < -0.3 is 15.2 Å². The van der Waals surface area contributed by atoms with E-state index >= 15 is 0 Å². The van der Waals surface area contributed by atoms with Crippen LogP contribution in [0.25, 0.3) is 0 Å². The monoisotopic (exact) mass is 423 g/mol. The minimum atomic E-state index is -0.0259. The number of nitrogens with zero attached hydrogens (tertiary/aromatic N) is 2. The van der Waals surface area contributed by atoms with Crippen molar-refractivity contribution in [1.82, 2.24) is 10.1 Å². The zero-order valence-corrected chi connectivity index (χ0v) is 17.2. The first kappa shape index (κ1) is 18.4. The summed E-state index contributed by atoms with van der Waals surface area (Å²) in [5.74, 6) is 0.710. The summed E-state index contributed by atoms with van der Waals surface area (Å²) < 4.78 is 5.80. The van der Waals surface area contributed by atoms with Gasteiger partial charge in [0.15, 0.2) is 0 Å². The fraction of sp³-hybridized carbons (Fsp3) is 0.444. The number of piperidine rings is 1. The summed E-state index contributed by atoms with van der Waals surface area (Å²) in [7, 11) is 2.83. The quantitative estimate of drug-likeness (QED) is 0.752. The molecule has 25 heavy (non-hydrogen) atoms. The van der Waals surface area contributed by atoms with E-state index in [2.05, 4.69) is 44.2 Å². The highest BCUT2D eigenvalue weighted by molar-refractivity contribution is 9.10. The van der Waals surface area contributed by atoms with Crippen LogP contribution in [0.4, 0.5) is 5.88 Å². The Kier molecular flexibility index (Phi) is 5.21. The zero-order valence-electron chi connectivity index (χ0n) is 14.5. The third kappa shape index (κ3) is 4.06. The maximum Gasteiger partial charge on any atom is 0.254 e. The predicted octanol–water partition coefficient (Wildman–Crippen LogP) is 4.15. The molecule has 1 unspecified atom stereocenters. The van der Waals surface area contributed by atoms with Gasteiger partial charge in [-0.05, 0) is 46.5 Å². The van der Waals surface area contributed by atoms with Gasteiger partial charge >= 0.3 is 0 Å². The number of hydrogen-bond acceptors (Lipinski definition) is 4. The SMILES string of the molecule is CC(C)(P)c1ccc(C(=O)N2CCC(c3cc(N)on3)CC2)c(Br)c1. The minimum Gasteiger partial charge on any atom is -0.368 e. The van der Waals surface area contributed by atoms with Crippen molar-refractivity contribution >= 4 is 37.0 Å². The molecule has 1 amide bonds. The van der Waals surface area contributed by atoms with Gasteiger partial charge in [0, 0.05) is 34.7 Å². The second-order valence-corrected chi connectivity index (χ2v) is 9.43. The summed E-state index contributed by atoms with van der Waals surface area (Å²) in [6, 6.07) is 7.75. The molecule has 0 radical (unpaired) electrons. The van der Waals surface area contributed by atoms with E-state index in [0.717, 1.165) is 23.0 Å². The number of benzene rings is 1. The number of rotatable bonds is 3. The van der Waals surface area contributed by atoms with Crippen LogP contribution in [0.3, 0.4) is 0 Å². The molecule has 134 valence electrons. The number of aromatic nitrogens is 1. The van der Waals surface area contributed by atoms with Crippen LogP contribution in [-0.2, 0) is 5.16 Å². The molecule has 1 aromatic heterocycles. The van der Waals surface area contributed by atoms with Gasteiger partial charge in [0.25, 0.3) is 5.91 Å². The van der Waals surface area contributed by atoms with Crippen LogP contribution in [0.2, 0.25) is 0 Å². The molecule has 0 aliphatic carbocycles. The number of nitrogens with two attached hydrogens (primary N) is 1. The Morgan fingerprint density at radius 3 is 2.56 bits per heavy atom. The molecule has 5 nitrogen and oxygen atoms in total.